The van der Waals surface area contributed by atoms with E-state index in [1.54, 1.807) is 6.92 Å². The molecule has 0 spiro atoms. The smallest absolute Gasteiger partial charge is 0.407 e. The molecule has 4 aliphatic rings. The summed E-state index contributed by atoms with van der Waals surface area (Å²) < 4.78 is 11.3. The van der Waals surface area contributed by atoms with E-state index in [0.29, 0.717) is 24.5 Å². The molecule has 10 unspecified atom stereocenters. The van der Waals surface area contributed by atoms with E-state index in [-0.39, 0.29) is 41.3 Å². The number of carbonyl (C=O) groups is 2. The van der Waals surface area contributed by atoms with Gasteiger partial charge in [-0.05, 0) is 81.1 Å². The van der Waals surface area contributed by atoms with Gasteiger partial charge in [-0.3, -0.25) is 0 Å². The van der Waals surface area contributed by atoms with Gasteiger partial charge in [-0.15, -0.1) is 0 Å². The number of hydrogen-bond donors (Lipinski definition) is 3. The zero-order chi connectivity index (χ0) is 25.9. The van der Waals surface area contributed by atoms with Crippen LogP contribution in [0.15, 0.2) is 23.8 Å². The lowest BCUT2D eigenvalue weighted by Gasteiger charge is -2.54. The van der Waals surface area contributed by atoms with E-state index in [9.17, 15) is 19.8 Å². The highest BCUT2D eigenvalue weighted by Gasteiger charge is 2.62. The van der Waals surface area contributed by atoms with Gasteiger partial charge in [-0.1, -0.05) is 39.0 Å². The summed E-state index contributed by atoms with van der Waals surface area (Å²) in [5.74, 6) is -0.435. The van der Waals surface area contributed by atoms with Crippen LogP contribution in [-0.4, -0.2) is 52.7 Å². The van der Waals surface area contributed by atoms with E-state index in [1.165, 1.54) is 5.57 Å². The Balaban J connectivity index is 1.72. The molecule has 1 amide bonds. The molecule has 196 valence electrons. The number of fused-ring (bicyclic) bond motifs is 3. The van der Waals surface area contributed by atoms with Crippen LogP contribution in [0.5, 0.6) is 0 Å². The molecule has 4 rings (SSSR count). The van der Waals surface area contributed by atoms with Gasteiger partial charge in [0.2, 0.25) is 0 Å². The molecular formula is C28H43NO6. The molecule has 1 heterocycles. The molecule has 0 radical (unpaired) electrons. The predicted octanol–water partition coefficient (Wildman–Crippen LogP) is 3.99. The fourth-order valence-corrected chi connectivity index (χ4v) is 8.05. The van der Waals surface area contributed by atoms with E-state index in [2.05, 4.69) is 45.7 Å². The summed E-state index contributed by atoms with van der Waals surface area (Å²) in [6.45, 7) is 17.4. The molecule has 0 aromatic heterocycles. The Morgan fingerprint density at radius 1 is 1.31 bits per heavy atom. The van der Waals surface area contributed by atoms with Crippen molar-refractivity contribution in [1.29, 1.82) is 0 Å². The first-order valence-electron chi connectivity index (χ1n) is 13.3. The average molecular weight is 490 g/mol. The van der Waals surface area contributed by atoms with Gasteiger partial charge in [-0.25, -0.2) is 9.59 Å². The Morgan fingerprint density at radius 2 is 2.00 bits per heavy atom. The van der Waals surface area contributed by atoms with Gasteiger partial charge in [0.1, 0.15) is 17.8 Å². The van der Waals surface area contributed by atoms with Crippen molar-refractivity contribution in [2.45, 2.75) is 91.1 Å². The Labute approximate surface area is 209 Å². The fraction of sp³-hybridized carbons (Fsp3) is 0.786. The maximum absolute atomic E-state index is 12.5. The molecule has 7 heteroatoms. The van der Waals surface area contributed by atoms with Gasteiger partial charge in [0.15, 0.2) is 6.10 Å². The second-order valence-corrected chi connectivity index (χ2v) is 12.1. The number of aliphatic hydroxyl groups is 2. The molecule has 1 aliphatic heterocycles. The number of aliphatic hydroxyl groups excluding tert-OH is 1. The van der Waals surface area contributed by atoms with Crippen LogP contribution < -0.4 is 5.32 Å². The molecule has 3 N–H and O–H groups in total. The number of esters is 1. The van der Waals surface area contributed by atoms with Crippen molar-refractivity contribution < 1.29 is 29.3 Å². The Bertz CT molecular complexity index is 913. The Morgan fingerprint density at radius 3 is 2.63 bits per heavy atom. The third-order valence-corrected chi connectivity index (χ3v) is 9.80. The van der Waals surface area contributed by atoms with Gasteiger partial charge in [0.05, 0.1) is 0 Å². The highest BCUT2D eigenvalue weighted by Crippen LogP contribution is 2.63. The molecule has 35 heavy (non-hydrogen) atoms. The van der Waals surface area contributed by atoms with Crippen LogP contribution in [0.3, 0.4) is 0 Å². The minimum absolute atomic E-state index is 0.0265. The van der Waals surface area contributed by atoms with Crippen molar-refractivity contribution in [3.63, 3.8) is 0 Å². The van der Waals surface area contributed by atoms with E-state index in [0.717, 1.165) is 19.3 Å². The summed E-state index contributed by atoms with van der Waals surface area (Å²) in [5.41, 5.74) is 0.0476. The van der Waals surface area contributed by atoms with Crippen LogP contribution in [0.2, 0.25) is 0 Å². The molecule has 3 aliphatic carbocycles. The Hall–Kier alpha value is -1.86. The van der Waals surface area contributed by atoms with Crippen molar-refractivity contribution in [1.82, 2.24) is 5.32 Å². The van der Waals surface area contributed by atoms with Crippen LogP contribution in [0.25, 0.3) is 0 Å². The number of nitrogens with one attached hydrogen (secondary N) is 1. The summed E-state index contributed by atoms with van der Waals surface area (Å²) in [6, 6.07) is 0. The van der Waals surface area contributed by atoms with E-state index < -0.39 is 29.7 Å². The van der Waals surface area contributed by atoms with Gasteiger partial charge >= 0.3 is 12.1 Å². The van der Waals surface area contributed by atoms with Gasteiger partial charge in [0.25, 0.3) is 0 Å². The number of rotatable bonds is 3. The second kappa shape index (κ2) is 9.22. The number of alkyl carbamates (subject to hydrolysis) is 1. The van der Waals surface area contributed by atoms with Crippen LogP contribution in [-0.2, 0) is 14.3 Å². The normalized spacial score (nSPS) is 46.8. The van der Waals surface area contributed by atoms with Crippen LogP contribution in [0.1, 0.15) is 67.2 Å². The maximum Gasteiger partial charge on any atom is 0.407 e. The highest BCUT2D eigenvalue weighted by atomic mass is 16.6. The summed E-state index contributed by atoms with van der Waals surface area (Å²) in [7, 11) is 0. The van der Waals surface area contributed by atoms with E-state index in [4.69, 9.17) is 9.47 Å². The molecular weight excluding hydrogens is 446 g/mol. The zero-order valence-corrected chi connectivity index (χ0v) is 22.0. The first kappa shape index (κ1) is 26.2. The zero-order valence-electron chi connectivity index (χ0n) is 22.0. The average Bonchev–Trinajstić information content (AvgIpc) is 3.06. The monoisotopic (exact) mass is 489 g/mol. The first-order valence-corrected chi connectivity index (χ1v) is 13.3. The topological polar surface area (TPSA) is 105 Å². The number of ether oxygens (including phenoxy) is 2. The van der Waals surface area contributed by atoms with Gasteiger partial charge < -0.3 is 25.0 Å². The quantitative estimate of drug-likeness (QED) is 0.409. The minimum Gasteiger partial charge on any atom is -0.460 e. The van der Waals surface area contributed by atoms with Crippen LogP contribution in [0.4, 0.5) is 4.79 Å². The fourth-order valence-electron chi connectivity index (χ4n) is 8.05. The van der Waals surface area contributed by atoms with Gasteiger partial charge in [-0.2, -0.15) is 0 Å². The van der Waals surface area contributed by atoms with Crippen molar-refractivity contribution >= 4 is 12.1 Å². The summed E-state index contributed by atoms with van der Waals surface area (Å²) >= 11 is 0. The lowest BCUT2D eigenvalue weighted by Crippen LogP contribution is -2.63. The lowest BCUT2D eigenvalue weighted by molar-refractivity contribution is -0.209. The SMILES string of the molecule is C=C1C2CC3C(C(C)C)C(OC(=O)NCC)CC3(C)CC2/C(C)=C\CC2C(C)OC(=O)C(O)C12O. The van der Waals surface area contributed by atoms with Crippen molar-refractivity contribution in [3.05, 3.63) is 23.8 Å². The summed E-state index contributed by atoms with van der Waals surface area (Å²) in [5, 5.41) is 25.6. The number of carbonyl (C=O) groups excluding carboxylic acids is 2. The predicted molar refractivity (Wildman–Crippen MR) is 132 cm³/mol. The van der Waals surface area contributed by atoms with E-state index >= 15 is 0 Å². The van der Waals surface area contributed by atoms with Crippen LogP contribution >= 0.6 is 0 Å². The van der Waals surface area contributed by atoms with E-state index in [1.807, 2.05) is 6.92 Å². The molecule has 7 nitrogen and oxygen atoms in total. The molecule has 2 saturated carbocycles. The third kappa shape index (κ3) is 4.12. The van der Waals surface area contributed by atoms with Crippen LogP contribution in [0, 0.1) is 40.9 Å². The number of allylic oxidation sites excluding steroid dienone is 2. The second-order valence-electron chi connectivity index (χ2n) is 12.1. The highest BCUT2D eigenvalue weighted by molar-refractivity contribution is 5.78. The Kier molecular flexibility index (Phi) is 6.90. The summed E-state index contributed by atoms with van der Waals surface area (Å²) in [6.07, 6.45) is 2.42. The number of cyclic esters (lactones) is 1. The number of hydrogen-bond acceptors (Lipinski definition) is 6. The third-order valence-electron chi connectivity index (χ3n) is 9.80. The van der Waals surface area contributed by atoms with Gasteiger partial charge in [0, 0.05) is 18.4 Å². The lowest BCUT2D eigenvalue weighted by atomic mass is 9.53. The number of amides is 1. The molecule has 1 saturated heterocycles. The maximum atomic E-state index is 12.5. The molecule has 0 aromatic carbocycles. The molecule has 3 fully saturated rings. The first-order chi connectivity index (χ1) is 16.3. The standard InChI is InChI=1S/C28H43NO6/c1-8-29-26(32)35-22-13-27(7)12-19-15(4)9-10-20-17(6)34-25(31)24(30)28(20,33)16(5)18(19)11-21(27)23(22)14(2)3/h9,14,17-24,30,33H,5,8,10-13H2,1-4,6-7H3,(H,29,32)/b15-9-. The van der Waals surface area contributed by atoms with Crippen molar-refractivity contribution in [2.24, 2.45) is 40.9 Å². The molecule has 0 bridgehead atoms. The minimum atomic E-state index is -1.73. The largest absolute Gasteiger partial charge is 0.460 e. The molecule has 10 atom stereocenters. The van der Waals surface area contributed by atoms with Crippen molar-refractivity contribution in [3.8, 4) is 0 Å². The summed E-state index contributed by atoms with van der Waals surface area (Å²) in [4.78, 5) is 24.8. The van der Waals surface area contributed by atoms with Crippen molar-refractivity contribution in [2.75, 3.05) is 6.54 Å². The molecule has 0 aromatic rings.